The van der Waals surface area contributed by atoms with Crippen molar-refractivity contribution in [1.29, 1.82) is 0 Å². The molecule has 0 aromatic heterocycles. The van der Waals surface area contributed by atoms with E-state index >= 15 is 0 Å². The van der Waals surface area contributed by atoms with E-state index in [0.29, 0.717) is 18.7 Å². The molecule has 0 fully saturated rings. The molecular weight excluding hydrogens is 264 g/mol. The van der Waals surface area contributed by atoms with Gasteiger partial charge in [-0.15, -0.1) is 0 Å². The van der Waals surface area contributed by atoms with Crippen LogP contribution in [0, 0.1) is 11.8 Å². The lowest BCUT2D eigenvalue weighted by Gasteiger charge is -2.07. The molecule has 0 aliphatic heterocycles. The monoisotopic (exact) mass is 282 g/mol. The summed E-state index contributed by atoms with van der Waals surface area (Å²) in [5, 5.41) is 0. The van der Waals surface area contributed by atoms with Crippen LogP contribution in [-0.4, -0.2) is 34.4 Å². The SMILES string of the molecule is COCCCS(=O)(=O)Nc1cccc(C#CCN)c1. The highest BCUT2D eigenvalue weighted by Crippen LogP contribution is 2.12. The predicted molar refractivity (Wildman–Crippen MR) is 76.3 cm³/mol. The molecule has 0 aliphatic carbocycles. The van der Waals surface area contributed by atoms with Crippen LogP contribution < -0.4 is 10.5 Å². The van der Waals surface area contributed by atoms with Gasteiger partial charge < -0.3 is 10.5 Å². The number of methoxy groups -OCH3 is 1. The summed E-state index contributed by atoms with van der Waals surface area (Å²) in [6.45, 7) is 0.690. The average Bonchev–Trinajstić information content (AvgIpc) is 2.36. The van der Waals surface area contributed by atoms with Crippen LogP contribution in [0.25, 0.3) is 0 Å². The number of anilines is 1. The maximum absolute atomic E-state index is 11.8. The minimum atomic E-state index is -3.35. The van der Waals surface area contributed by atoms with Gasteiger partial charge in [0.2, 0.25) is 10.0 Å². The van der Waals surface area contributed by atoms with Crippen LogP contribution in [0.15, 0.2) is 24.3 Å². The third-order valence-electron chi connectivity index (χ3n) is 2.23. The Morgan fingerprint density at radius 1 is 1.42 bits per heavy atom. The summed E-state index contributed by atoms with van der Waals surface area (Å²) in [5.74, 6) is 5.60. The van der Waals surface area contributed by atoms with Gasteiger partial charge in [-0.1, -0.05) is 17.9 Å². The molecule has 0 saturated heterocycles. The fraction of sp³-hybridized carbons (Fsp3) is 0.385. The molecule has 0 aliphatic rings. The minimum absolute atomic E-state index is 0.0273. The van der Waals surface area contributed by atoms with Crippen molar-refractivity contribution in [2.75, 3.05) is 30.7 Å². The summed E-state index contributed by atoms with van der Waals surface area (Å²) in [5.41, 5.74) is 6.51. The Kier molecular flexibility index (Phi) is 6.36. The van der Waals surface area contributed by atoms with Crippen molar-refractivity contribution in [3.05, 3.63) is 29.8 Å². The quantitative estimate of drug-likeness (QED) is 0.596. The normalized spacial score (nSPS) is 10.6. The number of hydrogen-bond donors (Lipinski definition) is 2. The fourth-order valence-corrected chi connectivity index (χ4v) is 2.52. The van der Waals surface area contributed by atoms with Crippen LogP contribution in [0.1, 0.15) is 12.0 Å². The third kappa shape index (κ3) is 6.25. The molecule has 0 saturated carbocycles. The summed E-state index contributed by atoms with van der Waals surface area (Å²) in [4.78, 5) is 0. The van der Waals surface area contributed by atoms with E-state index in [9.17, 15) is 8.42 Å². The maximum atomic E-state index is 11.8. The molecule has 1 aromatic carbocycles. The molecule has 0 bridgehead atoms. The first-order chi connectivity index (χ1) is 9.07. The van der Waals surface area contributed by atoms with Crippen LogP contribution in [0.5, 0.6) is 0 Å². The smallest absolute Gasteiger partial charge is 0.232 e. The highest BCUT2D eigenvalue weighted by molar-refractivity contribution is 7.92. The molecule has 0 atom stereocenters. The van der Waals surface area contributed by atoms with Crippen LogP contribution in [0.2, 0.25) is 0 Å². The average molecular weight is 282 g/mol. The molecule has 0 radical (unpaired) electrons. The lowest BCUT2D eigenvalue weighted by atomic mass is 10.2. The fourth-order valence-electron chi connectivity index (χ4n) is 1.44. The highest BCUT2D eigenvalue weighted by Gasteiger charge is 2.09. The molecule has 6 heteroatoms. The number of hydrogen-bond acceptors (Lipinski definition) is 4. The Balaban J connectivity index is 2.71. The van der Waals surface area contributed by atoms with Gasteiger partial charge in [0.05, 0.1) is 12.3 Å². The molecule has 1 rings (SSSR count). The Hall–Kier alpha value is -1.55. The van der Waals surface area contributed by atoms with Crippen LogP contribution in [0.4, 0.5) is 5.69 Å². The van der Waals surface area contributed by atoms with Crippen molar-refractivity contribution in [3.63, 3.8) is 0 Å². The van der Waals surface area contributed by atoms with Gasteiger partial charge in [0.1, 0.15) is 0 Å². The molecule has 1 aromatic rings. The number of benzene rings is 1. The highest BCUT2D eigenvalue weighted by atomic mass is 32.2. The number of sulfonamides is 1. The van der Waals surface area contributed by atoms with Crippen LogP contribution in [-0.2, 0) is 14.8 Å². The minimum Gasteiger partial charge on any atom is -0.385 e. The van der Waals surface area contributed by atoms with E-state index in [0.717, 1.165) is 5.56 Å². The van der Waals surface area contributed by atoms with E-state index in [-0.39, 0.29) is 12.3 Å². The van der Waals surface area contributed by atoms with Gasteiger partial charge in [0, 0.05) is 25.0 Å². The van der Waals surface area contributed by atoms with Crippen molar-refractivity contribution in [3.8, 4) is 11.8 Å². The van der Waals surface area contributed by atoms with Gasteiger partial charge in [0.15, 0.2) is 0 Å². The van der Waals surface area contributed by atoms with E-state index in [1.165, 1.54) is 0 Å². The van der Waals surface area contributed by atoms with Gasteiger partial charge in [-0.25, -0.2) is 8.42 Å². The van der Waals surface area contributed by atoms with E-state index < -0.39 is 10.0 Å². The van der Waals surface area contributed by atoms with Gasteiger partial charge in [-0.3, -0.25) is 4.72 Å². The molecule has 3 N–H and O–H groups in total. The maximum Gasteiger partial charge on any atom is 0.232 e. The van der Waals surface area contributed by atoms with Gasteiger partial charge in [-0.05, 0) is 24.6 Å². The second-order valence-corrected chi connectivity index (χ2v) is 5.70. The Bertz CT molecular complexity index is 559. The molecule has 104 valence electrons. The van der Waals surface area contributed by atoms with Gasteiger partial charge in [0.25, 0.3) is 0 Å². The summed E-state index contributed by atoms with van der Waals surface area (Å²) < 4.78 is 30.9. The van der Waals surface area contributed by atoms with Crippen molar-refractivity contribution in [1.82, 2.24) is 0 Å². The van der Waals surface area contributed by atoms with Crippen molar-refractivity contribution in [2.24, 2.45) is 5.73 Å². The molecule has 5 nitrogen and oxygen atoms in total. The van der Waals surface area contributed by atoms with Crippen molar-refractivity contribution in [2.45, 2.75) is 6.42 Å². The first-order valence-electron chi connectivity index (χ1n) is 5.86. The first-order valence-corrected chi connectivity index (χ1v) is 7.51. The van der Waals surface area contributed by atoms with Crippen molar-refractivity contribution >= 4 is 15.7 Å². The second kappa shape index (κ2) is 7.79. The zero-order valence-corrected chi connectivity index (χ0v) is 11.7. The van der Waals surface area contributed by atoms with Crippen molar-refractivity contribution < 1.29 is 13.2 Å². The Morgan fingerprint density at radius 3 is 2.89 bits per heavy atom. The molecule has 19 heavy (non-hydrogen) atoms. The Labute approximate surface area is 114 Å². The van der Waals surface area contributed by atoms with Gasteiger partial charge in [-0.2, -0.15) is 0 Å². The van der Waals surface area contributed by atoms with E-state index in [1.54, 1.807) is 31.4 Å². The number of rotatable bonds is 6. The summed E-state index contributed by atoms with van der Waals surface area (Å²) >= 11 is 0. The van der Waals surface area contributed by atoms with E-state index in [2.05, 4.69) is 16.6 Å². The molecular formula is C13H18N2O3S. The van der Waals surface area contributed by atoms with Gasteiger partial charge >= 0.3 is 0 Å². The largest absolute Gasteiger partial charge is 0.385 e. The number of ether oxygens (including phenoxy) is 1. The zero-order valence-electron chi connectivity index (χ0n) is 10.8. The first kappa shape index (κ1) is 15.5. The standard InChI is InChI=1S/C13H18N2O3S/c1-18-9-4-10-19(16,17)15-13-7-2-5-12(11-13)6-3-8-14/h2,5,7,11,15H,4,8-10,14H2,1H3. The molecule has 0 amide bonds. The molecule has 0 spiro atoms. The third-order valence-corrected chi connectivity index (χ3v) is 3.61. The number of nitrogens with two attached hydrogens (primary N) is 1. The topological polar surface area (TPSA) is 81.4 Å². The lowest BCUT2D eigenvalue weighted by Crippen LogP contribution is -2.17. The lowest BCUT2D eigenvalue weighted by molar-refractivity contribution is 0.199. The summed E-state index contributed by atoms with van der Waals surface area (Å²) in [7, 11) is -1.81. The van der Waals surface area contributed by atoms with Crippen LogP contribution in [0.3, 0.4) is 0 Å². The van der Waals surface area contributed by atoms with E-state index in [4.69, 9.17) is 10.5 Å². The molecule has 0 unspecified atom stereocenters. The summed E-state index contributed by atoms with van der Waals surface area (Å²) in [6, 6.07) is 6.90. The predicted octanol–water partition coefficient (Wildman–Crippen LogP) is 0.775. The van der Waals surface area contributed by atoms with Crippen LogP contribution >= 0.6 is 0 Å². The zero-order chi connectivity index (χ0) is 14.1. The molecule has 0 heterocycles. The Morgan fingerprint density at radius 2 is 2.21 bits per heavy atom. The van der Waals surface area contributed by atoms with E-state index in [1.807, 2.05) is 0 Å². The second-order valence-electron chi connectivity index (χ2n) is 3.85. The summed E-state index contributed by atoms with van der Waals surface area (Å²) in [6.07, 6.45) is 0.457. The number of nitrogens with one attached hydrogen (secondary N) is 1.